The molecular weight excluding hydrogens is 344 g/mol. The maximum atomic E-state index is 12.4. The molecule has 140 valence electrons. The second kappa shape index (κ2) is 8.91. The number of furan rings is 1. The molecule has 1 heterocycles. The van der Waals surface area contributed by atoms with Gasteiger partial charge in [-0.15, -0.1) is 0 Å². The molecule has 3 aromatic rings. The van der Waals surface area contributed by atoms with Gasteiger partial charge < -0.3 is 19.2 Å². The maximum absolute atomic E-state index is 12.4. The van der Waals surface area contributed by atoms with Gasteiger partial charge in [0.2, 0.25) is 5.91 Å². The third kappa shape index (κ3) is 4.68. The van der Waals surface area contributed by atoms with Crippen LogP contribution in [0.5, 0.6) is 11.5 Å². The van der Waals surface area contributed by atoms with Crippen molar-refractivity contribution in [3.8, 4) is 11.5 Å². The first-order valence-corrected chi connectivity index (χ1v) is 8.55. The molecule has 6 nitrogen and oxygen atoms in total. The highest BCUT2D eigenvalue weighted by Gasteiger charge is 2.18. The van der Waals surface area contributed by atoms with Crippen molar-refractivity contribution in [2.75, 3.05) is 26.1 Å². The lowest BCUT2D eigenvalue weighted by Crippen LogP contribution is -2.31. The maximum Gasteiger partial charge on any atom is 0.238 e. The van der Waals surface area contributed by atoms with E-state index >= 15 is 0 Å². The molecule has 3 rings (SSSR count). The number of carbonyl (C=O) groups is 1. The number of rotatable bonds is 8. The fourth-order valence-electron chi connectivity index (χ4n) is 2.77. The summed E-state index contributed by atoms with van der Waals surface area (Å²) in [4.78, 5) is 12.4. The highest BCUT2D eigenvalue weighted by Crippen LogP contribution is 2.29. The Balaban J connectivity index is 1.68. The summed E-state index contributed by atoms with van der Waals surface area (Å²) in [5.41, 5.74) is 1.60. The fourth-order valence-corrected chi connectivity index (χ4v) is 2.77. The molecule has 2 N–H and O–H groups in total. The van der Waals surface area contributed by atoms with Crippen LogP contribution in [0, 0.1) is 0 Å². The second-order valence-corrected chi connectivity index (χ2v) is 5.85. The van der Waals surface area contributed by atoms with Gasteiger partial charge in [0.1, 0.15) is 17.3 Å². The molecule has 0 bridgehead atoms. The van der Waals surface area contributed by atoms with Crippen LogP contribution in [-0.2, 0) is 4.79 Å². The van der Waals surface area contributed by atoms with Crippen molar-refractivity contribution in [1.82, 2.24) is 5.32 Å². The first kappa shape index (κ1) is 18.5. The van der Waals surface area contributed by atoms with Gasteiger partial charge in [0.25, 0.3) is 0 Å². The van der Waals surface area contributed by atoms with E-state index in [2.05, 4.69) is 10.6 Å². The largest absolute Gasteiger partial charge is 0.497 e. The Morgan fingerprint density at radius 1 is 1.04 bits per heavy atom. The van der Waals surface area contributed by atoms with Crippen molar-refractivity contribution in [2.45, 2.75) is 6.04 Å². The minimum atomic E-state index is -0.218. The van der Waals surface area contributed by atoms with Crippen LogP contribution in [0.1, 0.15) is 17.4 Å². The van der Waals surface area contributed by atoms with Crippen molar-refractivity contribution in [3.05, 3.63) is 78.3 Å². The molecule has 0 aliphatic heterocycles. The molecule has 0 radical (unpaired) electrons. The molecule has 2 aromatic carbocycles. The van der Waals surface area contributed by atoms with Crippen LogP contribution >= 0.6 is 0 Å². The Morgan fingerprint density at radius 3 is 2.52 bits per heavy atom. The van der Waals surface area contributed by atoms with E-state index < -0.39 is 0 Å². The number of nitrogens with one attached hydrogen (secondary N) is 2. The predicted octanol–water partition coefficient (Wildman–Crippen LogP) is 3.61. The van der Waals surface area contributed by atoms with E-state index in [9.17, 15) is 4.79 Å². The monoisotopic (exact) mass is 366 g/mol. The predicted molar refractivity (Wildman–Crippen MR) is 103 cm³/mol. The van der Waals surface area contributed by atoms with Gasteiger partial charge in [-0.1, -0.05) is 30.3 Å². The second-order valence-electron chi connectivity index (χ2n) is 5.85. The number of benzene rings is 2. The molecule has 0 saturated carbocycles. The molecule has 0 spiro atoms. The number of hydrogen-bond acceptors (Lipinski definition) is 5. The molecule has 6 heteroatoms. The van der Waals surface area contributed by atoms with E-state index in [1.807, 2.05) is 42.5 Å². The smallest absolute Gasteiger partial charge is 0.238 e. The summed E-state index contributed by atoms with van der Waals surface area (Å²) in [6.45, 7) is 0.107. The average Bonchev–Trinajstić information content (AvgIpc) is 3.24. The van der Waals surface area contributed by atoms with Crippen LogP contribution in [-0.4, -0.2) is 26.7 Å². The zero-order chi connectivity index (χ0) is 19.1. The quantitative estimate of drug-likeness (QED) is 0.637. The van der Waals surface area contributed by atoms with Crippen molar-refractivity contribution in [1.29, 1.82) is 0 Å². The van der Waals surface area contributed by atoms with Gasteiger partial charge in [0.05, 0.1) is 38.8 Å². The summed E-state index contributed by atoms with van der Waals surface area (Å²) in [5.74, 6) is 1.75. The van der Waals surface area contributed by atoms with Gasteiger partial charge in [0, 0.05) is 6.07 Å². The third-order valence-electron chi connectivity index (χ3n) is 4.11. The lowest BCUT2D eigenvalue weighted by molar-refractivity contribution is -0.115. The van der Waals surface area contributed by atoms with E-state index in [0.717, 1.165) is 11.3 Å². The van der Waals surface area contributed by atoms with Gasteiger partial charge in [-0.25, -0.2) is 0 Å². The fraction of sp³-hybridized carbons (Fsp3) is 0.190. The van der Waals surface area contributed by atoms with Crippen LogP contribution < -0.4 is 20.1 Å². The molecule has 0 aliphatic rings. The van der Waals surface area contributed by atoms with Crippen molar-refractivity contribution in [2.24, 2.45) is 0 Å². The Morgan fingerprint density at radius 2 is 1.85 bits per heavy atom. The number of amides is 1. The summed E-state index contributed by atoms with van der Waals surface area (Å²) < 4.78 is 16.0. The van der Waals surface area contributed by atoms with Gasteiger partial charge in [-0.05, 0) is 29.8 Å². The van der Waals surface area contributed by atoms with Crippen LogP contribution in [0.25, 0.3) is 0 Å². The number of methoxy groups -OCH3 is 2. The normalized spacial score (nSPS) is 11.6. The van der Waals surface area contributed by atoms with Crippen molar-refractivity contribution in [3.63, 3.8) is 0 Å². The van der Waals surface area contributed by atoms with Crippen molar-refractivity contribution < 1.29 is 18.7 Å². The van der Waals surface area contributed by atoms with Crippen LogP contribution in [0.2, 0.25) is 0 Å². The number of carbonyl (C=O) groups excluding carboxylic acids is 1. The minimum Gasteiger partial charge on any atom is -0.497 e. The summed E-state index contributed by atoms with van der Waals surface area (Å²) in [6, 6.07) is 18.6. The molecule has 0 fully saturated rings. The van der Waals surface area contributed by atoms with Gasteiger partial charge in [-0.3, -0.25) is 10.1 Å². The highest BCUT2D eigenvalue weighted by molar-refractivity contribution is 5.93. The van der Waals surface area contributed by atoms with E-state index in [0.29, 0.717) is 17.2 Å². The molecule has 0 unspecified atom stereocenters. The summed E-state index contributed by atoms with van der Waals surface area (Å²) >= 11 is 0. The molecule has 1 atom stereocenters. The van der Waals surface area contributed by atoms with Gasteiger partial charge in [-0.2, -0.15) is 0 Å². The molecular formula is C21H22N2O4. The number of hydrogen-bond donors (Lipinski definition) is 2. The van der Waals surface area contributed by atoms with Gasteiger partial charge >= 0.3 is 0 Å². The zero-order valence-electron chi connectivity index (χ0n) is 15.3. The zero-order valence-corrected chi connectivity index (χ0v) is 15.3. The first-order chi connectivity index (χ1) is 13.2. The van der Waals surface area contributed by atoms with Gasteiger partial charge in [0.15, 0.2) is 0 Å². The third-order valence-corrected chi connectivity index (χ3v) is 4.11. The molecule has 0 aliphatic carbocycles. The van der Waals surface area contributed by atoms with Crippen LogP contribution in [0.15, 0.2) is 71.3 Å². The van der Waals surface area contributed by atoms with Crippen LogP contribution in [0.4, 0.5) is 5.69 Å². The van der Waals surface area contributed by atoms with Crippen molar-refractivity contribution >= 4 is 11.6 Å². The summed E-state index contributed by atoms with van der Waals surface area (Å²) in [6.07, 6.45) is 1.62. The summed E-state index contributed by atoms with van der Waals surface area (Å²) in [5, 5.41) is 6.10. The number of ether oxygens (including phenoxy) is 2. The van der Waals surface area contributed by atoms with E-state index in [4.69, 9.17) is 13.9 Å². The Hall–Kier alpha value is -3.25. The molecule has 1 aromatic heterocycles. The number of anilines is 1. The Labute approximate surface area is 158 Å². The Bertz CT molecular complexity index is 863. The topological polar surface area (TPSA) is 72.7 Å². The van der Waals surface area contributed by atoms with Crippen LogP contribution in [0.3, 0.4) is 0 Å². The minimum absolute atomic E-state index is 0.107. The lowest BCUT2D eigenvalue weighted by Gasteiger charge is -2.17. The molecule has 27 heavy (non-hydrogen) atoms. The lowest BCUT2D eigenvalue weighted by atomic mass is 10.0. The Kier molecular flexibility index (Phi) is 6.12. The molecule has 0 saturated heterocycles. The first-order valence-electron chi connectivity index (χ1n) is 8.55. The van der Waals surface area contributed by atoms with E-state index in [-0.39, 0.29) is 18.5 Å². The van der Waals surface area contributed by atoms with E-state index in [1.54, 1.807) is 38.7 Å². The SMILES string of the molecule is COc1ccc(NC(=O)CN[C@@H](c2ccccc2)c2ccco2)c(OC)c1. The standard InChI is InChI=1S/C21H22N2O4/c1-25-16-10-11-17(19(13-16)26-2)23-20(24)14-22-21(18-9-6-12-27-18)15-7-4-3-5-8-15/h3-13,21-22H,14H2,1-2H3,(H,23,24)/t21-/m0/s1. The van der Waals surface area contributed by atoms with E-state index in [1.165, 1.54) is 0 Å². The molecule has 1 amide bonds. The highest BCUT2D eigenvalue weighted by atomic mass is 16.5. The average molecular weight is 366 g/mol. The summed E-state index contributed by atoms with van der Waals surface area (Å²) in [7, 11) is 3.13.